The van der Waals surface area contributed by atoms with Crippen LogP contribution in [-0.2, 0) is 9.53 Å². The van der Waals surface area contributed by atoms with E-state index in [9.17, 15) is 4.79 Å². The monoisotopic (exact) mass is 260 g/mol. The summed E-state index contributed by atoms with van der Waals surface area (Å²) in [4.78, 5) is 11.9. The average Bonchev–Trinajstić information content (AvgIpc) is 3.07. The van der Waals surface area contributed by atoms with Crippen LogP contribution in [0, 0.1) is 0 Å². The Morgan fingerprint density at radius 3 is 3.26 bits per heavy atom. The molecule has 0 bridgehead atoms. The van der Waals surface area contributed by atoms with Crippen LogP contribution >= 0.6 is 0 Å². The average molecular weight is 260 g/mol. The predicted molar refractivity (Wildman–Crippen MR) is 69.8 cm³/mol. The minimum atomic E-state index is -0.0475. The highest BCUT2D eigenvalue weighted by molar-refractivity contribution is 5.89. The number of hydrogen-bond acceptors (Lipinski definition) is 4. The van der Waals surface area contributed by atoms with Crippen molar-refractivity contribution < 1.29 is 9.53 Å². The fraction of sp³-hybridized carbons (Fsp3) is 0.462. The lowest BCUT2D eigenvalue weighted by molar-refractivity contribution is -0.116. The van der Waals surface area contributed by atoms with E-state index in [1.165, 1.54) is 0 Å². The SMILES string of the molecule is O=C(CC[C@H]1CCCO1)Nc1nnc2ccccn12. The zero-order chi connectivity index (χ0) is 13.1. The second-order valence-corrected chi connectivity index (χ2v) is 4.67. The van der Waals surface area contributed by atoms with E-state index in [-0.39, 0.29) is 12.0 Å². The highest BCUT2D eigenvalue weighted by atomic mass is 16.5. The summed E-state index contributed by atoms with van der Waals surface area (Å²) in [6, 6.07) is 5.60. The van der Waals surface area contributed by atoms with E-state index in [2.05, 4.69) is 15.5 Å². The third-order valence-corrected chi connectivity index (χ3v) is 3.28. The molecule has 2 aromatic rings. The molecule has 0 aliphatic carbocycles. The molecule has 1 saturated heterocycles. The van der Waals surface area contributed by atoms with Gasteiger partial charge in [0.15, 0.2) is 5.65 Å². The Kier molecular flexibility index (Phi) is 3.41. The number of anilines is 1. The summed E-state index contributed by atoms with van der Waals surface area (Å²) in [5.74, 6) is 0.418. The van der Waals surface area contributed by atoms with Gasteiger partial charge in [-0.15, -0.1) is 10.2 Å². The standard InChI is InChI=1S/C13H16N4O2/c18-12(7-6-10-4-3-9-19-10)14-13-16-15-11-5-1-2-8-17(11)13/h1-2,5,8,10H,3-4,6-7,9H2,(H,14,16,18)/t10-/m1/s1. The van der Waals surface area contributed by atoms with Crippen molar-refractivity contribution in [3.63, 3.8) is 0 Å². The summed E-state index contributed by atoms with van der Waals surface area (Å²) in [5, 5.41) is 10.7. The first kappa shape index (κ1) is 12.1. The molecular formula is C13H16N4O2. The van der Waals surface area contributed by atoms with Gasteiger partial charge < -0.3 is 4.74 Å². The highest BCUT2D eigenvalue weighted by Crippen LogP contribution is 2.17. The third-order valence-electron chi connectivity index (χ3n) is 3.28. The number of pyridine rings is 1. The highest BCUT2D eigenvalue weighted by Gasteiger charge is 2.17. The fourth-order valence-corrected chi connectivity index (χ4v) is 2.28. The Bertz CT molecular complexity index is 575. The molecular weight excluding hydrogens is 244 g/mol. The predicted octanol–water partition coefficient (Wildman–Crippen LogP) is 1.63. The van der Waals surface area contributed by atoms with E-state index >= 15 is 0 Å². The molecule has 3 rings (SSSR count). The van der Waals surface area contributed by atoms with Crippen LogP contribution < -0.4 is 5.32 Å². The molecule has 100 valence electrons. The number of ether oxygens (including phenoxy) is 1. The zero-order valence-corrected chi connectivity index (χ0v) is 10.6. The summed E-state index contributed by atoms with van der Waals surface area (Å²) in [7, 11) is 0. The van der Waals surface area contributed by atoms with Gasteiger partial charge in [-0.3, -0.25) is 14.5 Å². The van der Waals surface area contributed by atoms with Crippen LogP contribution in [0.4, 0.5) is 5.95 Å². The quantitative estimate of drug-likeness (QED) is 0.907. The second kappa shape index (κ2) is 5.36. The molecule has 19 heavy (non-hydrogen) atoms. The maximum absolute atomic E-state index is 11.9. The van der Waals surface area contributed by atoms with Crippen LogP contribution in [0.5, 0.6) is 0 Å². The molecule has 0 saturated carbocycles. The normalized spacial score (nSPS) is 18.8. The third kappa shape index (κ3) is 2.73. The molecule has 6 nitrogen and oxygen atoms in total. The summed E-state index contributed by atoms with van der Waals surface area (Å²) in [6.07, 6.45) is 5.43. The summed E-state index contributed by atoms with van der Waals surface area (Å²) in [5.41, 5.74) is 0.719. The Labute approximate surface area is 110 Å². The minimum Gasteiger partial charge on any atom is -0.378 e. The van der Waals surface area contributed by atoms with E-state index in [1.807, 2.05) is 24.4 Å². The van der Waals surface area contributed by atoms with Gasteiger partial charge in [-0.05, 0) is 31.4 Å². The molecule has 1 fully saturated rings. The molecule has 1 N–H and O–H groups in total. The van der Waals surface area contributed by atoms with Gasteiger partial charge in [0, 0.05) is 19.2 Å². The van der Waals surface area contributed by atoms with Gasteiger partial charge in [0.25, 0.3) is 0 Å². The minimum absolute atomic E-state index is 0.0475. The van der Waals surface area contributed by atoms with Gasteiger partial charge in [0.05, 0.1) is 6.10 Å². The second-order valence-electron chi connectivity index (χ2n) is 4.67. The molecule has 0 unspecified atom stereocenters. The first-order valence-corrected chi connectivity index (χ1v) is 6.54. The van der Waals surface area contributed by atoms with E-state index in [4.69, 9.17) is 4.74 Å². The Balaban J connectivity index is 1.59. The van der Waals surface area contributed by atoms with Crippen LogP contribution in [0.25, 0.3) is 5.65 Å². The lowest BCUT2D eigenvalue weighted by Gasteiger charge is -2.08. The van der Waals surface area contributed by atoms with Crippen molar-refractivity contribution in [1.29, 1.82) is 0 Å². The largest absolute Gasteiger partial charge is 0.378 e. The number of hydrogen-bond donors (Lipinski definition) is 1. The lowest BCUT2D eigenvalue weighted by Crippen LogP contribution is -2.16. The molecule has 3 heterocycles. The first-order valence-electron chi connectivity index (χ1n) is 6.54. The van der Waals surface area contributed by atoms with E-state index < -0.39 is 0 Å². The molecule has 1 aliphatic heterocycles. The van der Waals surface area contributed by atoms with Gasteiger partial charge >= 0.3 is 0 Å². The molecule has 1 aliphatic rings. The van der Waals surface area contributed by atoms with Gasteiger partial charge in [-0.25, -0.2) is 0 Å². The van der Waals surface area contributed by atoms with Crippen molar-refractivity contribution in [3.8, 4) is 0 Å². The maximum atomic E-state index is 11.9. The number of aromatic nitrogens is 3. The van der Waals surface area contributed by atoms with Crippen molar-refractivity contribution in [2.24, 2.45) is 0 Å². The van der Waals surface area contributed by atoms with Crippen molar-refractivity contribution in [2.75, 3.05) is 11.9 Å². The zero-order valence-electron chi connectivity index (χ0n) is 10.6. The Morgan fingerprint density at radius 2 is 2.42 bits per heavy atom. The fourth-order valence-electron chi connectivity index (χ4n) is 2.28. The van der Waals surface area contributed by atoms with Gasteiger partial charge in [0.1, 0.15) is 0 Å². The number of nitrogens with one attached hydrogen (secondary N) is 1. The van der Waals surface area contributed by atoms with Crippen molar-refractivity contribution in [1.82, 2.24) is 14.6 Å². The number of rotatable bonds is 4. The molecule has 6 heteroatoms. The van der Waals surface area contributed by atoms with Crippen molar-refractivity contribution in [2.45, 2.75) is 31.8 Å². The smallest absolute Gasteiger partial charge is 0.235 e. The summed E-state index contributed by atoms with van der Waals surface area (Å²) >= 11 is 0. The van der Waals surface area contributed by atoms with Gasteiger partial charge in [0.2, 0.25) is 11.9 Å². The Hall–Kier alpha value is -1.95. The molecule has 1 atom stereocenters. The number of carbonyl (C=O) groups excluding carboxylic acids is 1. The molecule has 0 spiro atoms. The van der Waals surface area contributed by atoms with E-state index in [0.29, 0.717) is 12.4 Å². The topological polar surface area (TPSA) is 68.5 Å². The number of carbonyl (C=O) groups is 1. The lowest BCUT2D eigenvalue weighted by atomic mass is 10.1. The molecule has 2 aromatic heterocycles. The maximum Gasteiger partial charge on any atom is 0.235 e. The van der Waals surface area contributed by atoms with Crippen LogP contribution in [0.2, 0.25) is 0 Å². The van der Waals surface area contributed by atoms with Crippen molar-refractivity contribution in [3.05, 3.63) is 24.4 Å². The van der Waals surface area contributed by atoms with E-state index in [1.54, 1.807) is 4.40 Å². The number of fused-ring (bicyclic) bond motifs is 1. The van der Waals surface area contributed by atoms with Gasteiger partial charge in [-0.2, -0.15) is 0 Å². The number of amides is 1. The first-order chi connectivity index (χ1) is 9.33. The Morgan fingerprint density at radius 1 is 1.47 bits per heavy atom. The van der Waals surface area contributed by atoms with Crippen LogP contribution in [0.15, 0.2) is 24.4 Å². The molecule has 0 radical (unpaired) electrons. The number of nitrogens with zero attached hydrogens (tertiary/aromatic N) is 3. The summed E-state index contributed by atoms with van der Waals surface area (Å²) < 4.78 is 7.25. The van der Waals surface area contributed by atoms with E-state index in [0.717, 1.165) is 31.5 Å². The summed E-state index contributed by atoms with van der Waals surface area (Å²) in [6.45, 7) is 0.821. The molecule has 0 aromatic carbocycles. The van der Waals surface area contributed by atoms with Gasteiger partial charge in [-0.1, -0.05) is 6.07 Å². The van der Waals surface area contributed by atoms with Crippen LogP contribution in [0.1, 0.15) is 25.7 Å². The molecule has 1 amide bonds. The van der Waals surface area contributed by atoms with Crippen molar-refractivity contribution >= 4 is 17.5 Å². The van der Waals surface area contributed by atoms with Crippen LogP contribution in [0.3, 0.4) is 0 Å². The van der Waals surface area contributed by atoms with Crippen LogP contribution in [-0.4, -0.2) is 33.2 Å².